The summed E-state index contributed by atoms with van der Waals surface area (Å²) in [6.45, 7) is 1.52. The van der Waals surface area contributed by atoms with Crippen molar-refractivity contribution in [3.05, 3.63) is 48.0 Å². The number of nitrogens with zero attached hydrogens (tertiary/aromatic N) is 1. The van der Waals surface area contributed by atoms with Crippen molar-refractivity contribution in [3.63, 3.8) is 0 Å². The van der Waals surface area contributed by atoms with Gasteiger partial charge >= 0.3 is 0 Å². The van der Waals surface area contributed by atoms with E-state index >= 15 is 0 Å². The number of Topliss-reactive ketones (excluding diaryl/α,β-unsaturated/α-hetero) is 1. The van der Waals surface area contributed by atoms with Crippen molar-refractivity contribution in [2.75, 3.05) is 7.11 Å². The molecule has 0 aliphatic carbocycles. The molecule has 0 radical (unpaired) electrons. The van der Waals surface area contributed by atoms with Crippen molar-refractivity contribution in [2.24, 2.45) is 0 Å². The zero-order chi connectivity index (χ0) is 14.8. The number of hydrogen-bond donors (Lipinski definition) is 0. The molecule has 21 heavy (non-hydrogen) atoms. The van der Waals surface area contributed by atoms with E-state index in [4.69, 9.17) is 9.15 Å². The van der Waals surface area contributed by atoms with Gasteiger partial charge in [-0.1, -0.05) is 18.2 Å². The molecule has 0 fully saturated rings. The van der Waals surface area contributed by atoms with E-state index in [1.165, 1.54) is 18.7 Å². The van der Waals surface area contributed by atoms with Gasteiger partial charge in [0.2, 0.25) is 0 Å². The molecule has 3 aromatic rings. The SMILES string of the molecule is COc1cccc(Sc2nc3ccccc3o2)c1C(C)=O. The second-order valence-electron chi connectivity index (χ2n) is 4.44. The van der Waals surface area contributed by atoms with Gasteiger partial charge in [-0.3, -0.25) is 4.79 Å². The number of methoxy groups -OCH3 is 1. The van der Waals surface area contributed by atoms with Gasteiger partial charge in [0, 0.05) is 4.90 Å². The highest BCUT2D eigenvalue weighted by atomic mass is 32.2. The number of fused-ring (bicyclic) bond motifs is 1. The largest absolute Gasteiger partial charge is 0.496 e. The highest BCUT2D eigenvalue weighted by molar-refractivity contribution is 7.99. The Morgan fingerprint density at radius 1 is 1.19 bits per heavy atom. The quantitative estimate of drug-likeness (QED) is 0.676. The summed E-state index contributed by atoms with van der Waals surface area (Å²) in [5, 5.41) is 0.506. The molecule has 106 valence electrons. The van der Waals surface area contributed by atoms with Gasteiger partial charge in [-0.05, 0) is 43.0 Å². The number of benzene rings is 2. The predicted molar refractivity (Wildman–Crippen MR) is 81.1 cm³/mol. The second-order valence-corrected chi connectivity index (χ2v) is 5.43. The summed E-state index contributed by atoms with van der Waals surface area (Å²) in [7, 11) is 1.55. The number of para-hydroxylation sites is 2. The van der Waals surface area contributed by atoms with Crippen LogP contribution in [-0.4, -0.2) is 17.9 Å². The van der Waals surface area contributed by atoms with Gasteiger partial charge in [-0.2, -0.15) is 0 Å². The number of carbonyl (C=O) groups is 1. The normalized spacial score (nSPS) is 10.8. The first-order valence-electron chi connectivity index (χ1n) is 6.40. The van der Waals surface area contributed by atoms with Crippen LogP contribution in [0, 0.1) is 0 Å². The van der Waals surface area contributed by atoms with Crippen LogP contribution in [0.25, 0.3) is 11.1 Å². The van der Waals surface area contributed by atoms with E-state index in [1.807, 2.05) is 36.4 Å². The van der Waals surface area contributed by atoms with Crippen molar-refractivity contribution >= 4 is 28.6 Å². The van der Waals surface area contributed by atoms with Gasteiger partial charge in [0.15, 0.2) is 11.4 Å². The Bertz CT molecular complexity index is 777. The third kappa shape index (κ3) is 2.64. The Balaban J connectivity index is 2.03. The van der Waals surface area contributed by atoms with Gasteiger partial charge in [-0.15, -0.1) is 0 Å². The van der Waals surface area contributed by atoms with Crippen LogP contribution in [0.4, 0.5) is 0 Å². The fourth-order valence-electron chi connectivity index (χ4n) is 2.10. The topological polar surface area (TPSA) is 52.3 Å². The molecule has 0 aliphatic heterocycles. The minimum absolute atomic E-state index is 0.0499. The van der Waals surface area contributed by atoms with E-state index in [0.29, 0.717) is 16.5 Å². The number of oxazole rings is 1. The number of ether oxygens (including phenoxy) is 1. The average Bonchev–Trinajstić information content (AvgIpc) is 2.88. The molecule has 1 aromatic heterocycles. The lowest BCUT2D eigenvalue weighted by molar-refractivity contribution is 0.101. The number of carbonyl (C=O) groups excluding carboxylic acids is 1. The molecule has 0 atom stereocenters. The molecular formula is C16H13NO3S. The van der Waals surface area contributed by atoms with Crippen LogP contribution in [0.2, 0.25) is 0 Å². The molecule has 0 saturated carbocycles. The minimum atomic E-state index is -0.0499. The van der Waals surface area contributed by atoms with Crippen molar-refractivity contribution < 1.29 is 13.9 Å². The van der Waals surface area contributed by atoms with Gasteiger partial charge in [-0.25, -0.2) is 4.98 Å². The van der Waals surface area contributed by atoms with Gasteiger partial charge in [0.05, 0.1) is 12.7 Å². The summed E-state index contributed by atoms with van der Waals surface area (Å²) in [5.74, 6) is 0.509. The maximum absolute atomic E-state index is 11.9. The summed E-state index contributed by atoms with van der Waals surface area (Å²) in [6.07, 6.45) is 0. The zero-order valence-electron chi connectivity index (χ0n) is 11.6. The molecule has 0 N–H and O–H groups in total. The fourth-order valence-corrected chi connectivity index (χ4v) is 3.06. The summed E-state index contributed by atoms with van der Waals surface area (Å²) < 4.78 is 10.9. The average molecular weight is 299 g/mol. The van der Waals surface area contributed by atoms with Gasteiger partial charge in [0.1, 0.15) is 11.3 Å². The lowest BCUT2D eigenvalue weighted by atomic mass is 10.1. The summed E-state index contributed by atoms with van der Waals surface area (Å²) in [5.41, 5.74) is 2.08. The molecule has 1 heterocycles. The number of aromatic nitrogens is 1. The van der Waals surface area contributed by atoms with Crippen LogP contribution >= 0.6 is 11.8 Å². The molecular weight excluding hydrogens is 286 g/mol. The van der Waals surface area contributed by atoms with E-state index in [1.54, 1.807) is 13.2 Å². The van der Waals surface area contributed by atoms with Crippen LogP contribution in [-0.2, 0) is 0 Å². The van der Waals surface area contributed by atoms with Crippen molar-refractivity contribution in [3.8, 4) is 5.75 Å². The summed E-state index contributed by atoms with van der Waals surface area (Å²) in [6, 6.07) is 13.0. The molecule has 0 saturated heterocycles. The lowest BCUT2D eigenvalue weighted by Crippen LogP contribution is -1.99. The van der Waals surface area contributed by atoms with E-state index in [9.17, 15) is 4.79 Å². The first-order valence-corrected chi connectivity index (χ1v) is 7.22. The second kappa shape index (κ2) is 5.61. The first-order chi connectivity index (χ1) is 10.2. The highest BCUT2D eigenvalue weighted by Crippen LogP contribution is 2.35. The standard InChI is InChI=1S/C16H13NO3S/c1-10(18)15-13(19-2)8-5-9-14(15)21-16-17-11-6-3-4-7-12(11)20-16/h3-9H,1-2H3. The van der Waals surface area contributed by atoms with E-state index in [0.717, 1.165) is 16.0 Å². The molecule has 4 nitrogen and oxygen atoms in total. The number of hydrogen-bond acceptors (Lipinski definition) is 5. The molecule has 0 amide bonds. The number of ketones is 1. The van der Waals surface area contributed by atoms with Crippen LogP contribution in [0.15, 0.2) is 57.0 Å². The Kier molecular flexibility index (Phi) is 3.66. The predicted octanol–water partition coefficient (Wildman–Crippen LogP) is 4.19. The van der Waals surface area contributed by atoms with Crippen LogP contribution in [0.1, 0.15) is 17.3 Å². The Hall–Kier alpha value is -2.27. The van der Waals surface area contributed by atoms with E-state index in [-0.39, 0.29) is 5.78 Å². The summed E-state index contributed by atoms with van der Waals surface area (Å²) in [4.78, 5) is 17.0. The molecule has 0 bridgehead atoms. The molecule has 0 spiro atoms. The first kappa shape index (κ1) is 13.7. The van der Waals surface area contributed by atoms with Crippen LogP contribution in [0.5, 0.6) is 5.75 Å². The van der Waals surface area contributed by atoms with E-state index in [2.05, 4.69) is 4.98 Å². The third-order valence-electron chi connectivity index (χ3n) is 3.03. The van der Waals surface area contributed by atoms with Crippen molar-refractivity contribution in [1.82, 2.24) is 4.98 Å². The van der Waals surface area contributed by atoms with E-state index < -0.39 is 0 Å². The molecule has 2 aromatic carbocycles. The molecule has 0 aliphatic rings. The zero-order valence-corrected chi connectivity index (χ0v) is 12.4. The maximum Gasteiger partial charge on any atom is 0.261 e. The minimum Gasteiger partial charge on any atom is -0.496 e. The van der Waals surface area contributed by atoms with Crippen LogP contribution in [0.3, 0.4) is 0 Å². The third-order valence-corrected chi connectivity index (χ3v) is 3.94. The Morgan fingerprint density at radius 2 is 2.00 bits per heavy atom. The smallest absolute Gasteiger partial charge is 0.261 e. The molecule has 3 rings (SSSR count). The van der Waals surface area contributed by atoms with Crippen molar-refractivity contribution in [1.29, 1.82) is 0 Å². The highest BCUT2D eigenvalue weighted by Gasteiger charge is 2.16. The van der Waals surface area contributed by atoms with Gasteiger partial charge < -0.3 is 9.15 Å². The van der Waals surface area contributed by atoms with Crippen LogP contribution < -0.4 is 4.74 Å². The Labute approximate surface area is 126 Å². The van der Waals surface area contributed by atoms with Gasteiger partial charge in [0.25, 0.3) is 5.22 Å². The fraction of sp³-hybridized carbons (Fsp3) is 0.125. The maximum atomic E-state index is 11.9. The monoisotopic (exact) mass is 299 g/mol. The summed E-state index contributed by atoms with van der Waals surface area (Å²) >= 11 is 1.32. The molecule has 0 unspecified atom stereocenters. The number of rotatable bonds is 4. The molecule has 5 heteroatoms. The lowest BCUT2D eigenvalue weighted by Gasteiger charge is -2.09. The Morgan fingerprint density at radius 3 is 2.71 bits per heavy atom. The van der Waals surface area contributed by atoms with Crippen molar-refractivity contribution in [2.45, 2.75) is 17.0 Å².